The second-order valence-electron chi connectivity index (χ2n) is 8.36. The largest absolute Gasteiger partial charge is 0.359 e. The number of hydrogen-bond acceptors (Lipinski definition) is 3. The van der Waals surface area contributed by atoms with Gasteiger partial charge in [0.2, 0.25) is 0 Å². The van der Waals surface area contributed by atoms with Crippen molar-refractivity contribution >= 4 is 5.78 Å². The maximum Gasteiger partial charge on any atom is 0.169 e. The Hall–Kier alpha value is -1.19. The number of carbonyl (C=O) groups excluding carboxylic acids is 1. The van der Waals surface area contributed by atoms with Crippen LogP contribution < -0.4 is 0 Å². The van der Waals surface area contributed by atoms with Crippen LogP contribution in [0.2, 0.25) is 0 Å². The van der Waals surface area contributed by atoms with E-state index in [0.717, 1.165) is 44.1 Å². The lowest BCUT2D eigenvalue weighted by Gasteiger charge is -2.47. The summed E-state index contributed by atoms with van der Waals surface area (Å²) in [4.78, 5) is 13.3. The molecule has 0 aromatic heterocycles. The first-order valence-electron chi connectivity index (χ1n) is 9.57. The predicted molar refractivity (Wildman–Crippen MR) is 100 cm³/mol. The number of hydrogen-bond donors (Lipinski definition) is 0. The molecule has 0 aromatic carbocycles. The summed E-state index contributed by atoms with van der Waals surface area (Å²) in [5, 5.41) is 0. The Bertz CT molecular complexity index is 627. The molecule has 3 aliphatic carbocycles. The zero-order valence-corrected chi connectivity index (χ0v) is 16.2. The lowest BCUT2D eigenvalue weighted by molar-refractivity contribution is -0.164. The fourth-order valence-corrected chi connectivity index (χ4v) is 5.28. The molecule has 0 aliphatic heterocycles. The van der Waals surface area contributed by atoms with Crippen molar-refractivity contribution in [2.45, 2.75) is 65.4 Å². The van der Waals surface area contributed by atoms with E-state index >= 15 is 0 Å². The minimum atomic E-state index is -0.386. The summed E-state index contributed by atoms with van der Waals surface area (Å²) >= 11 is 0. The molecule has 25 heavy (non-hydrogen) atoms. The van der Waals surface area contributed by atoms with Gasteiger partial charge in [-0.3, -0.25) is 4.79 Å². The molecule has 0 radical (unpaired) electrons. The topological polar surface area (TPSA) is 35.5 Å². The van der Waals surface area contributed by atoms with E-state index in [1.165, 1.54) is 16.7 Å². The summed E-state index contributed by atoms with van der Waals surface area (Å²) < 4.78 is 11.1. The van der Waals surface area contributed by atoms with E-state index in [-0.39, 0.29) is 35.9 Å². The van der Waals surface area contributed by atoms with Crippen LogP contribution in [0.5, 0.6) is 0 Å². The van der Waals surface area contributed by atoms with Crippen LogP contribution in [0.15, 0.2) is 34.9 Å². The lowest BCUT2D eigenvalue weighted by Crippen LogP contribution is -2.52. The highest BCUT2D eigenvalue weighted by molar-refractivity contribution is 5.91. The number of carbonyl (C=O) groups is 1. The average molecular weight is 344 g/mol. The number of methoxy groups -OCH3 is 1. The number of rotatable bonds is 3. The summed E-state index contributed by atoms with van der Waals surface area (Å²) in [6.45, 7) is 11.3. The maximum atomic E-state index is 13.3. The quantitative estimate of drug-likeness (QED) is 0.535. The van der Waals surface area contributed by atoms with Gasteiger partial charge in [-0.25, -0.2) is 0 Å². The summed E-state index contributed by atoms with van der Waals surface area (Å²) in [5.41, 5.74) is 5.33. The van der Waals surface area contributed by atoms with Gasteiger partial charge in [0.15, 0.2) is 5.78 Å². The zero-order chi connectivity index (χ0) is 18.2. The Labute approximate surface area is 152 Å². The molecule has 0 unspecified atom stereocenters. The summed E-state index contributed by atoms with van der Waals surface area (Å²) in [5.74, 6) is 0.393. The SMILES string of the molecule is C=C1[C@@H]2CC/C(C)=C/CC/C(C)=C3/CC[C@](C)([C@@H](OCOC)C2=O)[C@@H]13. The molecule has 3 rings (SSSR count). The number of ether oxygens (including phenoxy) is 2. The predicted octanol–water partition coefficient (Wildman–Crippen LogP) is 4.98. The molecule has 0 N–H and O–H groups in total. The van der Waals surface area contributed by atoms with E-state index in [2.05, 4.69) is 33.4 Å². The van der Waals surface area contributed by atoms with Crippen LogP contribution >= 0.6 is 0 Å². The van der Waals surface area contributed by atoms with E-state index in [1.807, 2.05) is 0 Å². The molecule has 3 nitrogen and oxygen atoms in total. The van der Waals surface area contributed by atoms with Crippen LogP contribution in [0.3, 0.4) is 0 Å². The normalized spacial score (nSPS) is 41.3. The summed E-state index contributed by atoms with van der Waals surface area (Å²) in [6, 6.07) is 0. The Balaban J connectivity index is 2.07. The van der Waals surface area contributed by atoms with Crippen LogP contribution in [0, 0.1) is 17.3 Å². The van der Waals surface area contributed by atoms with Crippen molar-refractivity contribution in [2.24, 2.45) is 17.3 Å². The van der Waals surface area contributed by atoms with Crippen LogP contribution in [0.4, 0.5) is 0 Å². The van der Waals surface area contributed by atoms with E-state index in [1.54, 1.807) is 7.11 Å². The molecule has 138 valence electrons. The van der Waals surface area contributed by atoms with Gasteiger partial charge in [0, 0.05) is 24.4 Å². The number of allylic oxidation sites excluding steroid dienone is 5. The van der Waals surface area contributed by atoms with Gasteiger partial charge in [0.25, 0.3) is 0 Å². The van der Waals surface area contributed by atoms with E-state index in [9.17, 15) is 4.79 Å². The van der Waals surface area contributed by atoms with Crippen molar-refractivity contribution in [3.63, 3.8) is 0 Å². The molecule has 0 amide bonds. The van der Waals surface area contributed by atoms with Crippen molar-refractivity contribution in [1.29, 1.82) is 0 Å². The van der Waals surface area contributed by atoms with Crippen molar-refractivity contribution in [1.82, 2.24) is 0 Å². The van der Waals surface area contributed by atoms with Gasteiger partial charge in [-0.1, -0.05) is 41.9 Å². The van der Waals surface area contributed by atoms with Crippen molar-refractivity contribution in [3.8, 4) is 0 Å². The van der Waals surface area contributed by atoms with E-state index in [4.69, 9.17) is 9.47 Å². The molecule has 0 saturated heterocycles. The molecule has 0 spiro atoms. The first kappa shape index (κ1) is 18.6. The lowest BCUT2D eigenvalue weighted by atomic mass is 9.59. The van der Waals surface area contributed by atoms with Gasteiger partial charge in [-0.15, -0.1) is 0 Å². The highest BCUT2D eigenvalue weighted by atomic mass is 16.7. The first-order chi connectivity index (χ1) is 11.9. The summed E-state index contributed by atoms with van der Waals surface area (Å²) in [6.07, 6.45) is 8.03. The Morgan fingerprint density at radius 1 is 1.28 bits per heavy atom. The highest BCUT2D eigenvalue weighted by Crippen LogP contribution is 2.59. The number of Topliss-reactive ketones (excluding diaryl/α,β-unsaturated/α-hetero) is 1. The fourth-order valence-electron chi connectivity index (χ4n) is 5.28. The zero-order valence-electron chi connectivity index (χ0n) is 16.2. The molecule has 0 heterocycles. The Morgan fingerprint density at radius 3 is 2.76 bits per heavy atom. The third-order valence-corrected chi connectivity index (χ3v) is 6.70. The van der Waals surface area contributed by atoms with Crippen molar-refractivity contribution < 1.29 is 14.3 Å². The van der Waals surface area contributed by atoms with Gasteiger partial charge in [-0.05, 0) is 52.4 Å². The molecule has 2 fully saturated rings. The van der Waals surface area contributed by atoms with Crippen LogP contribution in [0.1, 0.15) is 59.3 Å². The summed E-state index contributed by atoms with van der Waals surface area (Å²) in [7, 11) is 1.62. The van der Waals surface area contributed by atoms with E-state index < -0.39 is 0 Å². The molecule has 0 aromatic rings. The van der Waals surface area contributed by atoms with Crippen LogP contribution in [-0.4, -0.2) is 25.8 Å². The van der Waals surface area contributed by atoms with Gasteiger partial charge in [0.1, 0.15) is 12.9 Å². The number of fused-ring (bicyclic) bond motifs is 1. The number of ketones is 1. The van der Waals surface area contributed by atoms with Gasteiger partial charge >= 0.3 is 0 Å². The second kappa shape index (κ2) is 7.20. The standard InChI is InChI=1S/C22H32O3/c1-14-7-6-8-15(2)17-11-12-22(4)19(17)16(3)18(10-9-14)20(23)21(22)25-13-24-5/h7,18-19,21H,3,6,8-13H2,1-2,4-5H3/b14-7+,17-15-/t18-,19-,21-,22-/m0/s1. The minimum Gasteiger partial charge on any atom is -0.359 e. The van der Waals surface area contributed by atoms with Crippen molar-refractivity contribution in [3.05, 3.63) is 34.9 Å². The average Bonchev–Trinajstić information content (AvgIpc) is 2.92. The highest BCUT2D eigenvalue weighted by Gasteiger charge is 2.58. The second-order valence-corrected chi connectivity index (χ2v) is 8.36. The first-order valence-corrected chi connectivity index (χ1v) is 9.57. The maximum absolute atomic E-state index is 13.3. The molecule has 3 heteroatoms. The molecular weight excluding hydrogens is 312 g/mol. The Morgan fingerprint density at radius 2 is 2.04 bits per heavy atom. The fraction of sp³-hybridized carbons (Fsp3) is 0.682. The monoisotopic (exact) mass is 344 g/mol. The smallest absolute Gasteiger partial charge is 0.169 e. The van der Waals surface area contributed by atoms with Gasteiger partial charge < -0.3 is 9.47 Å². The van der Waals surface area contributed by atoms with Crippen molar-refractivity contribution in [2.75, 3.05) is 13.9 Å². The van der Waals surface area contributed by atoms with Gasteiger partial charge in [-0.2, -0.15) is 0 Å². The van der Waals surface area contributed by atoms with Gasteiger partial charge in [0.05, 0.1) is 0 Å². The third kappa shape index (κ3) is 3.17. The molecule has 2 saturated carbocycles. The molecule has 4 atom stereocenters. The van der Waals surface area contributed by atoms with Crippen LogP contribution in [0.25, 0.3) is 0 Å². The molecule has 2 bridgehead atoms. The third-order valence-electron chi connectivity index (χ3n) is 6.70. The molecule has 3 aliphatic rings. The van der Waals surface area contributed by atoms with Crippen LogP contribution in [-0.2, 0) is 14.3 Å². The Kier molecular flexibility index (Phi) is 5.36. The molecular formula is C22H32O3. The minimum absolute atomic E-state index is 0.0951. The van der Waals surface area contributed by atoms with E-state index in [0.29, 0.717) is 0 Å².